The average molecular weight is 249 g/mol. The normalized spacial score (nSPS) is 10.5. The second-order valence-corrected chi connectivity index (χ2v) is 4.34. The van der Waals surface area contributed by atoms with Crippen LogP contribution in [0.4, 0.5) is 5.69 Å². The maximum atomic E-state index is 11.1. The van der Waals surface area contributed by atoms with Crippen molar-refractivity contribution >= 4 is 16.5 Å². The summed E-state index contributed by atoms with van der Waals surface area (Å²) in [5.74, 6) is 0. The fraction of sp³-hybridized carbons (Fsp3) is 0. The summed E-state index contributed by atoms with van der Waals surface area (Å²) in [5.41, 5.74) is 2.19. The first-order valence-electron chi connectivity index (χ1n) is 5.98. The molecule has 92 valence electrons. The second-order valence-electron chi connectivity index (χ2n) is 4.34. The lowest BCUT2D eigenvalue weighted by Crippen LogP contribution is -1.89. The molecule has 0 aromatic heterocycles. The van der Waals surface area contributed by atoms with Gasteiger partial charge in [-0.1, -0.05) is 54.6 Å². The quantitative estimate of drug-likeness (QED) is 0.498. The number of fused-ring (bicyclic) bond motifs is 1. The van der Waals surface area contributed by atoms with Crippen LogP contribution in [0.15, 0.2) is 66.7 Å². The van der Waals surface area contributed by atoms with E-state index in [1.165, 1.54) is 6.07 Å². The van der Waals surface area contributed by atoms with Crippen molar-refractivity contribution in [3.05, 3.63) is 76.8 Å². The van der Waals surface area contributed by atoms with Crippen molar-refractivity contribution in [1.82, 2.24) is 0 Å². The molecule has 3 aromatic carbocycles. The molecule has 3 heteroatoms. The Labute approximate surface area is 110 Å². The molecule has 0 N–H and O–H groups in total. The highest BCUT2D eigenvalue weighted by atomic mass is 16.6. The van der Waals surface area contributed by atoms with Crippen molar-refractivity contribution in [2.45, 2.75) is 0 Å². The van der Waals surface area contributed by atoms with Crippen LogP contribution in [0.3, 0.4) is 0 Å². The fourth-order valence-corrected chi connectivity index (χ4v) is 2.23. The van der Waals surface area contributed by atoms with Gasteiger partial charge in [0.1, 0.15) is 0 Å². The summed E-state index contributed by atoms with van der Waals surface area (Å²) >= 11 is 0. The van der Waals surface area contributed by atoms with Crippen LogP contribution < -0.4 is 0 Å². The summed E-state index contributed by atoms with van der Waals surface area (Å²) in [6.07, 6.45) is 0. The molecule has 0 fully saturated rings. The van der Waals surface area contributed by atoms with Crippen LogP contribution >= 0.6 is 0 Å². The van der Waals surface area contributed by atoms with E-state index in [1.807, 2.05) is 54.6 Å². The van der Waals surface area contributed by atoms with Gasteiger partial charge in [-0.2, -0.15) is 0 Å². The SMILES string of the molecule is O=[N+]([O-])c1cccc2ccc(-c3ccccc3)cc12. The van der Waals surface area contributed by atoms with E-state index in [9.17, 15) is 10.1 Å². The summed E-state index contributed by atoms with van der Waals surface area (Å²) < 4.78 is 0. The van der Waals surface area contributed by atoms with Crippen LogP contribution in [0.25, 0.3) is 21.9 Å². The molecule has 3 rings (SSSR count). The van der Waals surface area contributed by atoms with Gasteiger partial charge in [-0.25, -0.2) is 0 Å². The van der Waals surface area contributed by atoms with Gasteiger partial charge in [0.25, 0.3) is 5.69 Å². The molecule has 0 heterocycles. The molecular weight excluding hydrogens is 238 g/mol. The number of rotatable bonds is 2. The predicted octanol–water partition coefficient (Wildman–Crippen LogP) is 4.42. The number of hydrogen-bond acceptors (Lipinski definition) is 2. The third-order valence-electron chi connectivity index (χ3n) is 3.16. The molecule has 0 amide bonds. The van der Waals surface area contributed by atoms with E-state index < -0.39 is 0 Å². The summed E-state index contributed by atoms with van der Waals surface area (Å²) in [5, 5.41) is 12.6. The summed E-state index contributed by atoms with van der Waals surface area (Å²) in [4.78, 5) is 10.7. The van der Waals surface area contributed by atoms with Gasteiger partial charge in [0, 0.05) is 6.07 Å². The molecular formula is C16H11NO2. The zero-order valence-electron chi connectivity index (χ0n) is 10.1. The summed E-state index contributed by atoms with van der Waals surface area (Å²) in [6, 6.07) is 20.8. The highest BCUT2D eigenvalue weighted by Crippen LogP contribution is 2.30. The minimum absolute atomic E-state index is 0.148. The Hall–Kier alpha value is -2.68. The molecule has 0 bridgehead atoms. The van der Waals surface area contributed by atoms with Crippen LogP contribution in [0.5, 0.6) is 0 Å². The molecule has 0 aliphatic carbocycles. The fourth-order valence-electron chi connectivity index (χ4n) is 2.23. The molecule has 3 nitrogen and oxygen atoms in total. The van der Waals surface area contributed by atoms with E-state index in [0.717, 1.165) is 16.5 Å². The zero-order valence-corrected chi connectivity index (χ0v) is 10.1. The molecule has 3 aromatic rings. The van der Waals surface area contributed by atoms with Gasteiger partial charge >= 0.3 is 0 Å². The lowest BCUT2D eigenvalue weighted by atomic mass is 10.0. The Kier molecular flexibility index (Phi) is 2.72. The molecule has 0 atom stereocenters. The molecule has 0 aliphatic rings. The first kappa shape index (κ1) is 11.4. The lowest BCUT2D eigenvalue weighted by Gasteiger charge is -2.04. The van der Waals surface area contributed by atoms with Crippen molar-refractivity contribution in [3.63, 3.8) is 0 Å². The van der Waals surface area contributed by atoms with E-state index in [2.05, 4.69) is 0 Å². The zero-order chi connectivity index (χ0) is 13.2. The molecule has 0 saturated carbocycles. The average Bonchev–Trinajstić information content (AvgIpc) is 2.47. The van der Waals surface area contributed by atoms with Crippen LogP contribution in [-0.4, -0.2) is 4.92 Å². The molecule has 0 unspecified atom stereocenters. The highest BCUT2D eigenvalue weighted by molar-refractivity contribution is 5.94. The van der Waals surface area contributed by atoms with E-state index in [4.69, 9.17) is 0 Å². The lowest BCUT2D eigenvalue weighted by molar-refractivity contribution is -0.383. The van der Waals surface area contributed by atoms with Crippen LogP contribution in [0.1, 0.15) is 0 Å². The molecule has 0 spiro atoms. The standard InChI is InChI=1S/C16H11NO2/c18-17(19)16-8-4-7-13-9-10-14(11-15(13)16)12-5-2-1-3-6-12/h1-11H. The number of benzene rings is 3. The molecule has 0 aliphatic heterocycles. The summed E-state index contributed by atoms with van der Waals surface area (Å²) in [6.45, 7) is 0. The van der Waals surface area contributed by atoms with Crippen molar-refractivity contribution in [2.75, 3.05) is 0 Å². The third kappa shape index (κ3) is 2.06. The van der Waals surface area contributed by atoms with Crippen molar-refractivity contribution in [2.24, 2.45) is 0 Å². The largest absolute Gasteiger partial charge is 0.277 e. The van der Waals surface area contributed by atoms with Crippen LogP contribution in [0, 0.1) is 10.1 Å². The molecule has 0 saturated heterocycles. The van der Waals surface area contributed by atoms with Gasteiger partial charge in [0.05, 0.1) is 10.3 Å². The maximum absolute atomic E-state index is 11.1. The van der Waals surface area contributed by atoms with Gasteiger partial charge in [-0.15, -0.1) is 0 Å². The van der Waals surface area contributed by atoms with E-state index >= 15 is 0 Å². The van der Waals surface area contributed by atoms with E-state index in [1.54, 1.807) is 6.07 Å². The van der Waals surface area contributed by atoms with Crippen molar-refractivity contribution in [3.8, 4) is 11.1 Å². The number of non-ortho nitro benzene ring substituents is 1. The molecule has 0 radical (unpaired) electrons. The molecule has 19 heavy (non-hydrogen) atoms. The third-order valence-corrected chi connectivity index (χ3v) is 3.16. The monoisotopic (exact) mass is 249 g/mol. The second kappa shape index (κ2) is 4.53. The van der Waals surface area contributed by atoms with Crippen LogP contribution in [-0.2, 0) is 0 Å². The van der Waals surface area contributed by atoms with Gasteiger partial charge in [-0.3, -0.25) is 10.1 Å². The number of nitro benzene ring substituents is 1. The van der Waals surface area contributed by atoms with Crippen LogP contribution in [0.2, 0.25) is 0 Å². The maximum Gasteiger partial charge on any atom is 0.277 e. The smallest absolute Gasteiger partial charge is 0.258 e. The summed E-state index contributed by atoms with van der Waals surface area (Å²) in [7, 11) is 0. The van der Waals surface area contributed by atoms with Gasteiger partial charge in [-0.05, 0) is 22.6 Å². The van der Waals surface area contributed by atoms with Gasteiger partial charge in [0.2, 0.25) is 0 Å². The number of hydrogen-bond donors (Lipinski definition) is 0. The minimum Gasteiger partial charge on any atom is -0.258 e. The first-order chi connectivity index (χ1) is 9.25. The number of nitro groups is 1. The van der Waals surface area contributed by atoms with Gasteiger partial charge < -0.3 is 0 Å². The van der Waals surface area contributed by atoms with E-state index in [-0.39, 0.29) is 10.6 Å². The first-order valence-corrected chi connectivity index (χ1v) is 5.98. The Bertz CT molecular complexity index is 751. The van der Waals surface area contributed by atoms with E-state index in [0.29, 0.717) is 5.39 Å². The Morgan fingerprint density at radius 2 is 1.58 bits per heavy atom. The topological polar surface area (TPSA) is 43.1 Å². The Morgan fingerprint density at radius 3 is 2.32 bits per heavy atom. The van der Waals surface area contributed by atoms with Crippen molar-refractivity contribution < 1.29 is 4.92 Å². The van der Waals surface area contributed by atoms with Crippen molar-refractivity contribution in [1.29, 1.82) is 0 Å². The van der Waals surface area contributed by atoms with Gasteiger partial charge in [0.15, 0.2) is 0 Å². The Balaban J connectivity index is 2.25. The highest BCUT2D eigenvalue weighted by Gasteiger charge is 2.11. The number of nitrogens with zero attached hydrogens (tertiary/aromatic N) is 1. The Morgan fingerprint density at radius 1 is 0.789 bits per heavy atom. The predicted molar refractivity (Wildman–Crippen MR) is 76.0 cm³/mol. The minimum atomic E-state index is -0.336.